The van der Waals surface area contributed by atoms with Crippen LogP contribution >= 0.6 is 0 Å². The Balaban J connectivity index is 2.38. The van der Waals surface area contributed by atoms with Crippen LogP contribution in [-0.2, 0) is 0 Å². The van der Waals surface area contributed by atoms with Gasteiger partial charge in [-0.2, -0.15) is 0 Å². The van der Waals surface area contributed by atoms with Crippen molar-refractivity contribution in [3.63, 3.8) is 0 Å². The first-order valence-electron chi connectivity index (χ1n) is 5.45. The molecule has 0 aromatic carbocycles. The summed E-state index contributed by atoms with van der Waals surface area (Å²) in [6, 6.07) is 0.429. The third kappa shape index (κ3) is 2.87. The van der Waals surface area contributed by atoms with Crippen molar-refractivity contribution in [1.82, 2.24) is 10.2 Å². The number of urea groups is 1. The predicted octanol–water partition coefficient (Wildman–Crippen LogP) is 0.953. The van der Waals surface area contributed by atoms with Gasteiger partial charge in [0.2, 0.25) is 0 Å². The maximum Gasteiger partial charge on any atom is 0.317 e. The second-order valence-corrected chi connectivity index (χ2v) is 3.69. The van der Waals surface area contributed by atoms with Crippen LogP contribution in [0.25, 0.3) is 0 Å². The van der Waals surface area contributed by atoms with Crippen LogP contribution in [0.5, 0.6) is 0 Å². The number of aliphatic hydroxyl groups excluding tert-OH is 1. The Kier molecular flexibility index (Phi) is 4.73. The molecule has 0 aromatic heterocycles. The number of rotatable bonds is 5. The first-order chi connectivity index (χ1) is 6.79. The Hall–Kier alpha value is -0.770. The highest BCUT2D eigenvalue weighted by atomic mass is 16.3. The predicted molar refractivity (Wildman–Crippen MR) is 55.1 cm³/mol. The average molecular weight is 200 g/mol. The lowest BCUT2D eigenvalue weighted by molar-refractivity contribution is 0.131. The Morgan fingerprint density at radius 3 is 2.71 bits per heavy atom. The van der Waals surface area contributed by atoms with E-state index in [2.05, 4.69) is 5.32 Å². The molecule has 4 heteroatoms. The Morgan fingerprint density at radius 2 is 2.29 bits per heavy atom. The van der Waals surface area contributed by atoms with E-state index in [9.17, 15) is 4.79 Å². The van der Waals surface area contributed by atoms with Gasteiger partial charge < -0.3 is 15.3 Å². The lowest BCUT2D eigenvalue weighted by Crippen LogP contribution is -2.49. The number of nitrogens with one attached hydrogen (secondary N) is 1. The summed E-state index contributed by atoms with van der Waals surface area (Å²) in [5, 5.41) is 11.5. The van der Waals surface area contributed by atoms with Crippen molar-refractivity contribution in [2.45, 2.75) is 38.6 Å². The Bertz CT molecular complexity index is 181. The second-order valence-electron chi connectivity index (χ2n) is 3.69. The van der Waals surface area contributed by atoms with Crippen molar-refractivity contribution in [1.29, 1.82) is 0 Å². The topological polar surface area (TPSA) is 52.6 Å². The van der Waals surface area contributed by atoms with Crippen molar-refractivity contribution in [2.75, 3.05) is 19.7 Å². The molecule has 82 valence electrons. The molecule has 1 aliphatic carbocycles. The summed E-state index contributed by atoms with van der Waals surface area (Å²) in [7, 11) is 0. The summed E-state index contributed by atoms with van der Waals surface area (Å²) < 4.78 is 0. The van der Waals surface area contributed by atoms with E-state index < -0.39 is 0 Å². The fraction of sp³-hybridized carbons (Fsp3) is 0.900. The number of hydrogen-bond acceptors (Lipinski definition) is 2. The molecular formula is C10H20N2O2. The summed E-state index contributed by atoms with van der Waals surface area (Å²) >= 11 is 0. The molecule has 1 rings (SSSR count). The molecule has 1 saturated carbocycles. The first kappa shape index (κ1) is 11.3. The number of carbonyl (C=O) groups is 1. The normalized spacial score (nSPS) is 16.1. The molecule has 0 bridgehead atoms. The summed E-state index contributed by atoms with van der Waals surface area (Å²) in [6.45, 7) is 3.42. The van der Waals surface area contributed by atoms with E-state index in [1.54, 1.807) is 0 Å². The lowest BCUT2D eigenvalue weighted by atomic mass is 9.91. The fourth-order valence-electron chi connectivity index (χ4n) is 1.64. The molecule has 0 heterocycles. The van der Waals surface area contributed by atoms with E-state index in [0.717, 1.165) is 12.8 Å². The van der Waals surface area contributed by atoms with Gasteiger partial charge in [-0.3, -0.25) is 0 Å². The highest BCUT2D eigenvalue weighted by Crippen LogP contribution is 2.24. The van der Waals surface area contributed by atoms with Crippen LogP contribution in [-0.4, -0.2) is 41.8 Å². The molecule has 4 nitrogen and oxygen atoms in total. The molecular weight excluding hydrogens is 180 g/mol. The average Bonchev–Trinajstić information content (AvgIpc) is 2.09. The van der Waals surface area contributed by atoms with Gasteiger partial charge in [-0.15, -0.1) is 0 Å². The molecule has 0 unspecified atom stereocenters. The van der Waals surface area contributed by atoms with Crippen molar-refractivity contribution >= 4 is 6.03 Å². The molecule has 0 aromatic rings. The molecule has 2 amide bonds. The maximum atomic E-state index is 11.6. The molecule has 0 spiro atoms. The van der Waals surface area contributed by atoms with Crippen LogP contribution in [0.3, 0.4) is 0 Å². The fourth-order valence-corrected chi connectivity index (χ4v) is 1.64. The summed E-state index contributed by atoms with van der Waals surface area (Å²) in [5.41, 5.74) is 0. The first-order valence-corrected chi connectivity index (χ1v) is 5.45. The highest BCUT2D eigenvalue weighted by molar-refractivity contribution is 5.74. The number of carbonyl (C=O) groups excluding carboxylic acids is 1. The molecule has 1 aliphatic rings. The molecule has 0 radical (unpaired) electrons. The van der Waals surface area contributed by atoms with E-state index in [-0.39, 0.29) is 12.6 Å². The van der Waals surface area contributed by atoms with E-state index in [1.807, 2.05) is 11.8 Å². The standard InChI is InChI=1S/C10H20N2O2/c1-2-11-10(14)12(7-4-8-13)9-5-3-6-9/h9,13H,2-8H2,1H3,(H,11,14). The lowest BCUT2D eigenvalue weighted by Gasteiger charge is -2.37. The van der Waals surface area contributed by atoms with Gasteiger partial charge in [0.05, 0.1) is 0 Å². The third-order valence-electron chi connectivity index (χ3n) is 2.66. The van der Waals surface area contributed by atoms with Crippen molar-refractivity contribution in [3.05, 3.63) is 0 Å². The smallest absolute Gasteiger partial charge is 0.317 e. The van der Waals surface area contributed by atoms with Gasteiger partial charge in [-0.05, 0) is 32.6 Å². The van der Waals surface area contributed by atoms with Crippen molar-refractivity contribution < 1.29 is 9.90 Å². The minimum Gasteiger partial charge on any atom is -0.396 e. The van der Waals surface area contributed by atoms with Crippen LogP contribution in [0.4, 0.5) is 4.79 Å². The monoisotopic (exact) mass is 200 g/mol. The van der Waals surface area contributed by atoms with Crippen LogP contribution < -0.4 is 5.32 Å². The molecule has 1 fully saturated rings. The summed E-state index contributed by atoms with van der Waals surface area (Å²) in [4.78, 5) is 13.5. The quantitative estimate of drug-likeness (QED) is 0.694. The van der Waals surface area contributed by atoms with E-state index in [0.29, 0.717) is 25.6 Å². The largest absolute Gasteiger partial charge is 0.396 e. The van der Waals surface area contributed by atoms with Gasteiger partial charge in [0, 0.05) is 25.7 Å². The second kappa shape index (κ2) is 5.86. The highest BCUT2D eigenvalue weighted by Gasteiger charge is 2.27. The Morgan fingerprint density at radius 1 is 1.57 bits per heavy atom. The maximum absolute atomic E-state index is 11.6. The molecule has 0 atom stereocenters. The van der Waals surface area contributed by atoms with Gasteiger partial charge in [-0.25, -0.2) is 4.79 Å². The van der Waals surface area contributed by atoms with Crippen LogP contribution in [0.15, 0.2) is 0 Å². The van der Waals surface area contributed by atoms with Gasteiger partial charge in [0.25, 0.3) is 0 Å². The van der Waals surface area contributed by atoms with Gasteiger partial charge in [-0.1, -0.05) is 0 Å². The Labute approximate surface area is 85.3 Å². The number of amides is 2. The molecule has 2 N–H and O–H groups in total. The van der Waals surface area contributed by atoms with Crippen molar-refractivity contribution in [2.24, 2.45) is 0 Å². The summed E-state index contributed by atoms with van der Waals surface area (Å²) in [6.07, 6.45) is 4.12. The zero-order valence-electron chi connectivity index (χ0n) is 8.83. The SMILES string of the molecule is CCNC(=O)N(CCCO)C1CCC1. The van der Waals surface area contributed by atoms with Gasteiger partial charge in [0.1, 0.15) is 0 Å². The van der Waals surface area contributed by atoms with Crippen LogP contribution in [0.1, 0.15) is 32.6 Å². The third-order valence-corrected chi connectivity index (χ3v) is 2.66. The molecule has 0 saturated heterocycles. The van der Waals surface area contributed by atoms with E-state index in [4.69, 9.17) is 5.11 Å². The number of aliphatic hydroxyl groups is 1. The number of nitrogens with zero attached hydrogens (tertiary/aromatic N) is 1. The van der Waals surface area contributed by atoms with Gasteiger partial charge in [0.15, 0.2) is 0 Å². The van der Waals surface area contributed by atoms with E-state index >= 15 is 0 Å². The van der Waals surface area contributed by atoms with Crippen molar-refractivity contribution in [3.8, 4) is 0 Å². The molecule has 0 aliphatic heterocycles. The van der Waals surface area contributed by atoms with Gasteiger partial charge >= 0.3 is 6.03 Å². The molecule has 14 heavy (non-hydrogen) atoms. The minimum absolute atomic E-state index is 0.0191. The summed E-state index contributed by atoms with van der Waals surface area (Å²) in [5.74, 6) is 0. The number of hydrogen-bond donors (Lipinski definition) is 2. The minimum atomic E-state index is 0.0191. The van der Waals surface area contributed by atoms with E-state index in [1.165, 1.54) is 6.42 Å². The van der Waals surface area contributed by atoms with Crippen LogP contribution in [0.2, 0.25) is 0 Å². The zero-order valence-corrected chi connectivity index (χ0v) is 8.83. The van der Waals surface area contributed by atoms with Crippen LogP contribution in [0, 0.1) is 0 Å². The zero-order chi connectivity index (χ0) is 10.4.